The maximum absolute atomic E-state index is 14.0. The van der Waals surface area contributed by atoms with Gasteiger partial charge in [0.1, 0.15) is 6.04 Å². The Labute approximate surface area is 102 Å². The lowest BCUT2D eigenvalue weighted by Crippen LogP contribution is -2.32. The Morgan fingerprint density at radius 2 is 2.39 bits per heavy atom. The van der Waals surface area contributed by atoms with Crippen LogP contribution in [0.1, 0.15) is 5.56 Å². The van der Waals surface area contributed by atoms with E-state index >= 15 is 0 Å². The number of aliphatic carboxylic acids is 1. The topological polar surface area (TPSA) is 91.0 Å². The fraction of sp³-hybridized carbons (Fsp3) is 0.364. The maximum atomic E-state index is 14.0. The number of halogens is 1. The molecule has 1 aliphatic rings. The summed E-state index contributed by atoms with van der Waals surface area (Å²) >= 11 is 0. The molecule has 7 heteroatoms. The molecule has 1 atom stereocenters. The van der Waals surface area contributed by atoms with Crippen molar-refractivity contribution in [2.45, 2.75) is 12.5 Å². The first-order chi connectivity index (χ1) is 8.54. The van der Waals surface area contributed by atoms with Gasteiger partial charge in [-0.05, 0) is 0 Å². The number of carboxylic acid groups (broad SMARTS) is 1. The van der Waals surface area contributed by atoms with E-state index in [-0.39, 0.29) is 30.3 Å². The van der Waals surface area contributed by atoms with Gasteiger partial charge in [0.2, 0.25) is 6.79 Å². The highest BCUT2D eigenvalue weighted by atomic mass is 19.1. The predicted molar refractivity (Wildman–Crippen MR) is 58.4 cm³/mol. The third-order valence-electron chi connectivity index (χ3n) is 2.62. The molecule has 3 N–H and O–H groups in total. The standard InChI is InChI=1S/C11H12FNO5/c1-16-7-3-8-10(18-4-17-8)5(9(7)12)2-6(13)11(14)15/h3,6H,2,4,13H2,1H3,(H,14,15). The van der Waals surface area contributed by atoms with E-state index in [1.165, 1.54) is 13.2 Å². The summed E-state index contributed by atoms with van der Waals surface area (Å²) in [5.74, 6) is -1.43. The molecule has 0 bridgehead atoms. The normalized spacial score (nSPS) is 14.4. The van der Waals surface area contributed by atoms with Crippen LogP contribution >= 0.6 is 0 Å². The Balaban J connectivity index is 2.44. The average molecular weight is 257 g/mol. The van der Waals surface area contributed by atoms with Crippen LogP contribution in [-0.4, -0.2) is 31.0 Å². The van der Waals surface area contributed by atoms with Crippen LogP contribution in [0.4, 0.5) is 4.39 Å². The van der Waals surface area contributed by atoms with Crippen LogP contribution in [0.3, 0.4) is 0 Å². The van der Waals surface area contributed by atoms with Gasteiger partial charge in [-0.15, -0.1) is 0 Å². The van der Waals surface area contributed by atoms with Crippen LogP contribution in [0.25, 0.3) is 0 Å². The summed E-state index contributed by atoms with van der Waals surface area (Å²) < 4.78 is 29.1. The summed E-state index contributed by atoms with van der Waals surface area (Å²) in [5, 5.41) is 8.76. The van der Waals surface area contributed by atoms with Crippen molar-refractivity contribution in [3.05, 3.63) is 17.4 Å². The Morgan fingerprint density at radius 3 is 3.00 bits per heavy atom. The number of rotatable bonds is 4. The number of nitrogens with two attached hydrogens (primary N) is 1. The number of carboxylic acids is 1. The van der Waals surface area contributed by atoms with E-state index in [9.17, 15) is 9.18 Å². The van der Waals surface area contributed by atoms with E-state index < -0.39 is 17.8 Å². The monoisotopic (exact) mass is 257 g/mol. The average Bonchev–Trinajstić information content (AvgIpc) is 2.79. The summed E-state index contributed by atoms with van der Waals surface area (Å²) in [6, 6.07) is 0.132. The Bertz CT molecular complexity index is 490. The number of methoxy groups -OCH3 is 1. The molecule has 0 radical (unpaired) electrons. The van der Waals surface area contributed by atoms with Crippen molar-refractivity contribution in [3.8, 4) is 17.2 Å². The second kappa shape index (κ2) is 4.69. The molecule has 0 spiro atoms. The molecule has 0 saturated heterocycles. The van der Waals surface area contributed by atoms with Crippen LogP contribution in [0.5, 0.6) is 17.2 Å². The van der Waals surface area contributed by atoms with E-state index in [1.54, 1.807) is 0 Å². The third-order valence-corrected chi connectivity index (χ3v) is 2.62. The molecule has 0 fully saturated rings. The van der Waals surface area contributed by atoms with Gasteiger partial charge < -0.3 is 25.1 Å². The molecule has 0 saturated carbocycles. The van der Waals surface area contributed by atoms with Crippen molar-refractivity contribution in [3.63, 3.8) is 0 Å². The molecule has 6 nitrogen and oxygen atoms in total. The second-order valence-electron chi connectivity index (χ2n) is 3.75. The third kappa shape index (κ3) is 2.04. The van der Waals surface area contributed by atoms with E-state index in [2.05, 4.69) is 0 Å². The van der Waals surface area contributed by atoms with Gasteiger partial charge >= 0.3 is 5.97 Å². The molecule has 0 aromatic heterocycles. The molecule has 1 aliphatic heterocycles. The maximum Gasteiger partial charge on any atom is 0.320 e. The summed E-state index contributed by atoms with van der Waals surface area (Å²) in [6.07, 6.45) is -0.204. The lowest BCUT2D eigenvalue weighted by atomic mass is 10.0. The zero-order valence-corrected chi connectivity index (χ0v) is 9.60. The van der Waals surface area contributed by atoms with Gasteiger partial charge in [-0.3, -0.25) is 4.79 Å². The molecular weight excluding hydrogens is 245 g/mol. The minimum absolute atomic E-state index is 0.0353. The molecule has 0 amide bonds. The van der Waals surface area contributed by atoms with Crippen molar-refractivity contribution < 1.29 is 28.5 Å². The summed E-state index contributed by atoms with van der Waals surface area (Å²) in [5.41, 5.74) is 5.45. The van der Waals surface area contributed by atoms with Crippen LogP contribution in [0.15, 0.2) is 6.07 Å². The van der Waals surface area contributed by atoms with E-state index in [1.807, 2.05) is 0 Å². The lowest BCUT2D eigenvalue weighted by molar-refractivity contribution is -0.138. The number of carbonyl (C=O) groups is 1. The van der Waals surface area contributed by atoms with Crippen molar-refractivity contribution in [2.75, 3.05) is 13.9 Å². The minimum Gasteiger partial charge on any atom is -0.494 e. The van der Waals surface area contributed by atoms with E-state index in [0.29, 0.717) is 5.75 Å². The van der Waals surface area contributed by atoms with Crippen LogP contribution < -0.4 is 19.9 Å². The Morgan fingerprint density at radius 1 is 1.67 bits per heavy atom. The first kappa shape index (κ1) is 12.4. The van der Waals surface area contributed by atoms with Gasteiger partial charge in [0, 0.05) is 18.1 Å². The minimum atomic E-state index is -1.22. The molecular formula is C11H12FNO5. The first-order valence-electron chi connectivity index (χ1n) is 5.18. The van der Waals surface area contributed by atoms with Gasteiger partial charge in [0.15, 0.2) is 23.1 Å². The van der Waals surface area contributed by atoms with Gasteiger partial charge in [0.05, 0.1) is 7.11 Å². The highest BCUT2D eigenvalue weighted by Gasteiger charge is 2.27. The van der Waals surface area contributed by atoms with Gasteiger partial charge in [-0.2, -0.15) is 0 Å². The Hall–Kier alpha value is -2.02. The molecule has 1 heterocycles. The fourth-order valence-electron chi connectivity index (χ4n) is 1.70. The molecule has 2 rings (SSSR count). The van der Waals surface area contributed by atoms with Crippen LogP contribution in [-0.2, 0) is 11.2 Å². The predicted octanol–water partition coefficient (Wildman–Crippen LogP) is 0.517. The number of benzene rings is 1. The van der Waals surface area contributed by atoms with E-state index in [0.717, 1.165) is 0 Å². The molecule has 1 aromatic carbocycles. The highest BCUT2D eigenvalue weighted by molar-refractivity contribution is 5.74. The summed E-state index contributed by atoms with van der Waals surface area (Å²) in [7, 11) is 1.31. The zero-order valence-electron chi connectivity index (χ0n) is 9.60. The van der Waals surface area contributed by atoms with Crippen molar-refractivity contribution in [1.29, 1.82) is 0 Å². The Kier molecular flexibility index (Phi) is 3.24. The SMILES string of the molecule is COc1cc2c(c(CC(N)C(=O)O)c1F)OCO2. The number of ether oxygens (including phenoxy) is 3. The van der Waals surface area contributed by atoms with Gasteiger partial charge in [0.25, 0.3) is 0 Å². The van der Waals surface area contributed by atoms with Crippen molar-refractivity contribution in [2.24, 2.45) is 5.73 Å². The second-order valence-corrected chi connectivity index (χ2v) is 3.75. The number of hydrogen-bond donors (Lipinski definition) is 2. The van der Waals surface area contributed by atoms with E-state index in [4.69, 9.17) is 25.1 Å². The van der Waals surface area contributed by atoms with Crippen molar-refractivity contribution >= 4 is 5.97 Å². The fourth-order valence-corrected chi connectivity index (χ4v) is 1.70. The molecule has 98 valence electrons. The smallest absolute Gasteiger partial charge is 0.320 e. The molecule has 1 aromatic rings. The zero-order chi connectivity index (χ0) is 13.3. The van der Waals surface area contributed by atoms with Crippen LogP contribution in [0.2, 0.25) is 0 Å². The largest absolute Gasteiger partial charge is 0.494 e. The lowest BCUT2D eigenvalue weighted by Gasteiger charge is -2.12. The van der Waals surface area contributed by atoms with Crippen LogP contribution in [0, 0.1) is 5.82 Å². The van der Waals surface area contributed by atoms with Crippen molar-refractivity contribution in [1.82, 2.24) is 0 Å². The summed E-state index contributed by atoms with van der Waals surface area (Å²) in [4.78, 5) is 10.7. The molecule has 18 heavy (non-hydrogen) atoms. The highest BCUT2D eigenvalue weighted by Crippen LogP contribution is 2.42. The molecule has 0 aliphatic carbocycles. The van der Waals surface area contributed by atoms with Gasteiger partial charge in [-0.25, -0.2) is 4.39 Å². The number of fused-ring (bicyclic) bond motifs is 1. The number of hydrogen-bond acceptors (Lipinski definition) is 5. The quantitative estimate of drug-likeness (QED) is 0.817. The summed E-state index contributed by atoms with van der Waals surface area (Å²) in [6.45, 7) is -0.0444. The first-order valence-corrected chi connectivity index (χ1v) is 5.18. The molecule has 1 unspecified atom stereocenters. The van der Waals surface area contributed by atoms with Gasteiger partial charge in [-0.1, -0.05) is 0 Å².